The number of hydrogen-bond donors (Lipinski definition) is 0. The molecule has 0 heterocycles. The number of hydrogen-bond acceptors (Lipinski definition) is 3. The molecule has 0 aliphatic heterocycles. The molecule has 134 valence electrons. The predicted molar refractivity (Wildman–Crippen MR) is 93.7 cm³/mol. The van der Waals surface area contributed by atoms with Crippen molar-refractivity contribution >= 4 is 17.3 Å². The Morgan fingerprint density at radius 2 is 1.21 bits per heavy atom. The average Bonchev–Trinajstić information content (AvgIpc) is 3.08. The van der Waals surface area contributed by atoms with Crippen molar-refractivity contribution in [2.45, 2.75) is 97.3 Å². The van der Waals surface area contributed by atoms with E-state index in [-0.39, 0.29) is 22.0 Å². The molecular weight excluding hydrogens is 300 g/mol. The number of rotatable bonds is 9. The van der Waals surface area contributed by atoms with Gasteiger partial charge in [0.05, 0.1) is 0 Å². The van der Waals surface area contributed by atoms with Crippen molar-refractivity contribution < 1.29 is 14.4 Å². The molecule has 0 saturated heterocycles. The lowest BCUT2D eigenvalue weighted by atomic mass is 9.61. The second kappa shape index (κ2) is 6.38. The van der Waals surface area contributed by atoms with Gasteiger partial charge in [-0.25, -0.2) is 0 Å². The van der Waals surface area contributed by atoms with E-state index in [1.807, 2.05) is 0 Å². The molecule has 0 unspecified atom stereocenters. The van der Waals surface area contributed by atoms with Crippen molar-refractivity contribution in [3.63, 3.8) is 0 Å². The molecule has 3 aliphatic carbocycles. The van der Waals surface area contributed by atoms with Crippen LogP contribution in [0.5, 0.6) is 0 Å². The Bertz CT molecular complexity index is 531. The lowest BCUT2D eigenvalue weighted by Crippen LogP contribution is -2.40. The summed E-state index contributed by atoms with van der Waals surface area (Å²) in [5, 5.41) is 0. The van der Waals surface area contributed by atoms with Gasteiger partial charge in [0.1, 0.15) is 17.3 Å². The van der Waals surface area contributed by atoms with Gasteiger partial charge in [0.25, 0.3) is 0 Å². The van der Waals surface area contributed by atoms with Gasteiger partial charge in [-0.05, 0) is 58.3 Å². The first-order chi connectivity index (χ1) is 11.3. The Morgan fingerprint density at radius 3 is 1.67 bits per heavy atom. The number of ketones is 3. The van der Waals surface area contributed by atoms with Crippen molar-refractivity contribution in [1.82, 2.24) is 0 Å². The largest absolute Gasteiger partial charge is 0.299 e. The summed E-state index contributed by atoms with van der Waals surface area (Å²) in [5.74, 6) is 0.958. The fourth-order valence-corrected chi connectivity index (χ4v) is 4.84. The van der Waals surface area contributed by atoms with E-state index >= 15 is 0 Å². The van der Waals surface area contributed by atoms with Crippen molar-refractivity contribution in [3.8, 4) is 0 Å². The van der Waals surface area contributed by atoms with Gasteiger partial charge < -0.3 is 0 Å². The quantitative estimate of drug-likeness (QED) is 0.609. The monoisotopic (exact) mass is 332 g/mol. The fourth-order valence-electron chi connectivity index (χ4n) is 4.84. The topological polar surface area (TPSA) is 51.2 Å². The Morgan fingerprint density at radius 1 is 0.708 bits per heavy atom. The van der Waals surface area contributed by atoms with Crippen LogP contribution in [-0.4, -0.2) is 17.3 Å². The summed E-state index contributed by atoms with van der Waals surface area (Å²) in [4.78, 5) is 37.3. The average molecular weight is 332 g/mol. The maximum atomic E-state index is 12.9. The standard InChI is InChI=1S/C21H32O3/c1-16(22)20(8-3-4-9-20)12-7-18(24)21(10-5-11-21)13-6-17(23)19(2)14-15-19/h3-15H2,1-2H3. The minimum Gasteiger partial charge on any atom is -0.299 e. The molecule has 0 aromatic rings. The minimum absolute atomic E-state index is 0.0729. The van der Waals surface area contributed by atoms with Crippen LogP contribution in [-0.2, 0) is 14.4 Å². The second-order valence-corrected chi connectivity index (χ2v) is 9.08. The Hall–Kier alpha value is -0.990. The van der Waals surface area contributed by atoms with Gasteiger partial charge in [0.2, 0.25) is 0 Å². The molecule has 3 fully saturated rings. The molecule has 0 radical (unpaired) electrons. The first kappa shape index (κ1) is 17.8. The smallest absolute Gasteiger partial charge is 0.139 e. The molecule has 0 bridgehead atoms. The Balaban J connectivity index is 1.55. The van der Waals surface area contributed by atoms with Crippen LogP contribution in [0.3, 0.4) is 0 Å². The van der Waals surface area contributed by atoms with Gasteiger partial charge in [-0.15, -0.1) is 0 Å². The molecule has 0 spiro atoms. The van der Waals surface area contributed by atoms with Crippen LogP contribution >= 0.6 is 0 Å². The van der Waals surface area contributed by atoms with E-state index in [2.05, 4.69) is 6.92 Å². The van der Waals surface area contributed by atoms with E-state index in [0.717, 1.165) is 70.6 Å². The fraction of sp³-hybridized carbons (Fsp3) is 0.857. The van der Waals surface area contributed by atoms with Gasteiger partial charge in [-0.1, -0.05) is 26.2 Å². The number of Topliss-reactive ketones (excluding diaryl/α,β-unsaturated/α-hetero) is 3. The van der Waals surface area contributed by atoms with Crippen LogP contribution in [0, 0.1) is 16.2 Å². The summed E-state index contributed by atoms with van der Waals surface area (Å²) in [6.45, 7) is 3.76. The molecule has 24 heavy (non-hydrogen) atoms. The second-order valence-electron chi connectivity index (χ2n) is 9.08. The maximum Gasteiger partial charge on any atom is 0.139 e. The number of carbonyl (C=O) groups is 3. The Labute approximate surface area is 146 Å². The normalized spacial score (nSPS) is 25.8. The summed E-state index contributed by atoms with van der Waals surface area (Å²) >= 11 is 0. The van der Waals surface area contributed by atoms with Crippen LogP contribution in [0.25, 0.3) is 0 Å². The highest BCUT2D eigenvalue weighted by Gasteiger charge is 2.48. The highest BCUT2D eigenvalue weighted by Crippen LogP contribution is 2.51. The molecular formula is C21H32O3. The van der Waals surface area contributed by atoms with Crippen LogP contribution in [0.15, 0.2) is 0 Å². The lowest BCUT2D eigenvalue weighted by molar-refractivity contribution is -0.136. The van der Waals surface area contributed by atoms with Crippen molar-refractivity contribution in [2.24, 2.45) is 16.2 Å². The predicted octanol–water partition coefficient (Wildman–Crippen LogP) is 4.80. The first-order valence-electron chi connectivity index (χ1n) is 9.90. The summed E-state index contributed by atoms with van der Waals surface area (Å²) in [6, 6.07) is 0. The highest BCUT2D eigenvalue weighted by molar-refractivity contribution is 5.90. The maximum absolute atomic E-state index is 12.9. The van der Waals surface area contributed by atoms with Crippen LogP contribution < -0.4 is 0 Å². The molecule has 3 nitrogen and oxygen atoms in total. The zero-order valence-electron chi connectivity index (χ0n) is 15.4. The molecule has 0 atom stereocenters. The summed E-state index contributed by atoms with van der Waals surface area (Å²) in [6.07, 6.45) is 11.8. The SMILES string of the molecule is CC(=O)C1(CCC(=O)C2(CCC(=O)C3(C)CC3)CCC2)CCCC1. The van der Waals surface area contributed by atoms with Crippen LogP contribution in [0.1, 0.15) is 97.3 Å². The lowest BCUT2D eigenvalue weighted by Gasteiger charge is -2.41. The summed E-state index contributed by atoms with van der Waals surface area (Å²) < 4.78 is 0. The molecule has 3 saturated carbocycles. The minimum atomic E-state index is -0.239. The molecule has 3 heteroatoms. The summed E-state index contributed by atoms with van der Waals surface area (Å²) in [5.41, 5.74) is -0.536. The molecule has 3 aliphatic rings. The van der Waals surface area contributed by atoms with Gasteiger partial charge in [0, 0.05) is 29.1 Å². The van der Waals surface area contributed by atoms with E-state index in [1.165, 1.54) is 0 Å². The van der Waals surface area contributed by atoms with Crippen molar-refractivity contribution in [1.29, 1.82) is 0 Å². The molecule has 0 amide bonds. The molecule has 3 rings (SSSR count). The Kier molecular flexibility index (Phi) is 4.74. The van der Waals surface area contributed by atoms with E-state index in [9.17, 15) is 14.4 Å². The van der Waals surface area contributed by atoms with Crippen molar-refractivity contribution in [2.75, 3.05) is 0 Å². The van der Waals surface area contributed by atoms with E-state index in [4.69, 9.17) is 0 Å². The van der Waals surface area contributed by atoms with Gasteiger partial charge >= 0.3 is 0 Å². The number of carbonyl (C=O) groups excluding carboxylic acids is 3. The van der Waals surface area contributed by atoms with Crippen LogP contribution in [0.2, 0.25) is 0 Å². The van der Waals surface area contributed by atoms with Crippen LogP contribution in [0.4, 0.5) is 0 Å². The zero-order valence-corrected chi connectivity index (χ0v) is 15.4. The third-order valence-corrected chi connectivity index (χ3v) is 7.54. The third-order valence-electron chi connectivity index (χ3n) is 7.54. The van der Waals surface area contributed by atoms with Gasteiger partial charge in [-0.2, -0.15) is 0 Å². The van der Waals surface area contributed by atoms with Gasteiger partial charge in [-0.3, -0.25) is 14.4 Å². The van der Waals surface area contributed by atoms with E-state index in [1.54, 1.807) is 6.92 Å². The summed E-state index contributed by atoms with van der Waals surface area (Å²) in [7, 11) is 0. The van der Waals surface area contributed by atoms with Gasteiger partial charge in [0.15, 0.2) is 0 Å². The van der Waals surface area contributed by atoms with E-state index in [0.29, 0.717) is 24.4 Å². The van der Waals surface area contributed by atoms with Crippen molar-refractivity contribution in [3.05, 3.63) is 0 Å². The zero-order chi connectivity index (χ0) is 17.4. The third kappa shape index (κ3) is 3.23. The molecule has 0 aromatic carbocycles. The first-order valence-corrected chi connectivity index (χ1v) is 9.90. The van der Waals surface area contributed by atoms with E-state index < -0.39 is 0 Å². The molecule has 0 aromatic heterocycles. The highest BCUT2D eigenvalue weighted by atomic mass is 16.1. The molecule has 0 N–H and O–H groups in total.